The van der Waals surface area contributed by atoms with Crippen molar-refractivity contribution in [3.05, 3.63) is 97.0 Å². The van der Waals surface area contributed by atoms with E-state index in [9.17, 15) is 10.1 Å². The molecule has 0 saturated heterocycles. The maximum atomic E-state index is 12.7. The van der Waals surface area contributed by atoms with Gasteiger partial charge in [-0.2, -0.15) is 5.26 Å². The first kappa shape index (κ1) is 24.0. The van der Waals surface area contributed by atoms with Gasteiger partial charge in [0.15, 0.2) is 0 Å². The summed E-state index contributed by atoms with van der Waals surface area (Å²) >= 11 is 24.4. The van der Waals surface area contributed by atoms with Gasteiger partial charge < -0.3 is 10.1 Å². The molecule has 3 aromatic rings. The van der Waals surface area contributed by atoms with Crippen LogP contribution in [-0.2, 0) is 11.4 Å². The van der Waals surface area contributed by atoms with E-state index < -0.39 is 5.91 Å². The minimum Gasteiger partial charge on any atom is -0.488 e. The number of carbonyl (C=O) groups is 1. The fourth-order valence-corrected chi connectivity index (χ4v) is 3.61. The van der Waals surface area contributed by atoms with Crippen molar-refractivity contribution in [3.63, 3.8) is 0 Å². The highest BCUT2D eigenvalue weighted by atomic mass is 35.5. The second kappa shape index (κ2) is 10.8. The van der Waals surface area contributed by atoms with E-state index in [2.05, 4.69) is 5.32 Å². The number of nitrogens with one attached hydrogen (secondary N) is 1. The second-order valence-electron chi connectivity index (χ2n) is 6.74. The van der Waals surface area contributed by atoms with Gasteiger partial charge in [0.25, 0.3) is 5.91 Å². The lowest BCUT2D eigenvalue weighted by Crippen LogP contribution is -2.14. The van der Waals surface area contributed by atoms with Crippen LogP contribution in [0.15, 0.2) is 60.2 Å². The van der Waals surface area contributed by atoms with Gasteiger partial charge in [-0.05, 0) is 61.0 Å². The Balaban J connectivity index is 1.86. The first-order valence-electron chi connectivity index (χ1n) is 9.33. The average molecular weight is 506 g/mol. The number of halogens is 4. The van der Waals surface area contributed by atoms with Crippen molar-refractivity contribution in [2.75, 3.05) is 5.32 Å². The first-order valence-corrected chi connectivity index (χ1v) is 10.8. The van der Waals surface area contributed by atoms with Crippen molar-refractivity contribution < 1.29 is 9.53 Å². The lowest BCUT2D eigenvalue weighted by Gasteiger charge is -2.12. The zero-order valence-electron chi connectivity index (χ0n) is 16.8. The number of hydrogen-bond acceptors (Lipinski definition) is 3. The number of anilines is 1. The van der Waals surface area contributed by atoms with Gasteiger partial charge in [0, 0.05) is 36.9 Å². The molecule has 3 aromatic carbocycles. The molecule has 0 fully saturated rings. The molecule has 0 radical (unpaired) electrons. The number of carbonyl (C=O) groups excluding carboxylic acids is 1. The molecule has 3 rings (SSSR count). The SMILES string of the molecule is Cc1c(Cl)cccc1NC(=O)/C(C#N)=C/c1cc(Cl)ccc1OCc1ccc(Cl)cc1Cl. The van der Waals surface area contributed by atoms with Crippen molar-refractivity contribution in [2.45, 2.75) is 13.5 Å². The zero-order chi connectivity index (χ0) is 23.3. The Bertz CT molecular complexity index is 1250. The Morgan fingerprint density at radius 2 is 1.75 bits per heavy atom. The third-order valence-corrected chi connectivity index (χ3v) is 5.78. The summed E-state index contributed by atoms with van der Waals surface area (Å²) in [7, 11) is 0. The number of ether oxygens (including phenoxy) is 1. The van der Waals surface area contributed by atoms with Crippen LogP contribution in [0.4, 0.5) is 5.69 Å². The predicted molar refractivity (Wildman–Crippen MR) is 131 cm³/mol. The molecule has 4 nitrogen and oxygen atoms in total. The van der Waals surface area contributed by atoms with Crippen LogP contribution in [0.5, 0.6) is 5.75 Å². The molecule has 162 valence electrons. The summed E-state index contributed by atoms with van der Waals surface area (Å²) in [6.07, 6.45) is 1.42. The average Bonchev–Trinajstić information content (AvgIpc) is 2.75. The van der Waals surface area contributed by atoms with E-state index in [1.165, 1.54) is 6.08 Å². The molecule has 32 heavy (non-hydrogen) atoms. The molecule has 0 saturated carbocycles. The number of nitrogens with zero attached hydrogens (tertiary/aromatic N) is 1. The Kier molecular flexibility index (Phi) is 8.06. The van der Waals surface area contributed by atoms with Gasteiger partial charge in [-0.25, -0.2) is 0 Å². The lowest BCUT2D eigenvalue weighted by atomic mass is 10.1. The van der Waals surface area contributed by atoms with Gasteiger partial charge >= 0.3 is 0 Å². The summed E-state index contributed by atoms with van der Waals surface area (Å²) in [4.78, 5) is 12.7. The van der Waals surface area contributed by atoms with Gasteiger partial charge in [0.1, 0.15) is 24.0 Å². The molecule has 0 aliphatic carbocycles. The maximum absolute atomic E-state index is 12.7. The molecule has 0 unspecified atom stereocenters. The number of benzene rings is 3. The third kappa shape index (κ3) is 5.97. The highest BCUT2D eigenvalue weighted by Crippen LogP contribution is 2.29. The van der Waals surface area contributed by atoms with Crippen LogP contribution in [0.1, 0.15) is 16.7 Å². The molecule has 0 aromatic heterocycles. The number of nitriles is 1. The van der Waals surface area contributed by atoms with Gasteiger partial charge in [-0.1, -0.05) is 58.5 Å². The third-order valence-electron chi connectivity index (χ3n) is 4.55. The molecule has 0 aliphatic heterocycles. The van der Waals surface area contributed by atoms with Crippen molar-refractivity contribution in [1.29, 1.82) is 5.26 Å². The standard InChI is InChI=1S/C24H16Cl4N2O2/c1-14-20(27)3-2-4-22(14)30-24(31)17(12-29)9-16-10-18(25)7-8-23(16)32-13-15-5-6-19(26)11-21(15)28/h2-11H,13H2,1H3,(H,30,31)/b17-9+. The molecule has 1 amide bonds. The van der Waals surface area contributed by atoms with Gasteiger partial charge in [0.05, 0.1) is 0 Å². The number of hydrogen-bond donors (Lipinski definition) is 1. The highest BCUT2D eigenvalue weighted by molar-refractivity contribution is 6.35. The lowest BCUT2D eigenvalue weighted by molar-refractivity contribution is -0.112. The monoisotopic (exact) mass is 504 g/mol. The van der Waals surface area contributed by atoms with Crippen LogP contribution in [0.2, 0.25) is 20.1 Å². The maximum Gasteiger partial charge on any atom is 0.266 e. The van der Waals surface area contributed by atoms with Crippen molar-refractivity contribution in [3.8, 4) is 11.8 Å². The van der Waals surface area contributed by atoms with Crippen LogP contribution in [0, 0.1) is 18.3 Å². The minimum absolute atomic E-state index is 0.124. The Morgan fingerprint density at radius 1 is 1.03 bits per heavy atom. The summed E-state index contributed by atoms with van der Waals surface area (Å²) in [5, 5.41) is 14.2. The van der Waals surface area contributed by atoms with Gasteiger partial charge in [0.2, 0.25) is 0 Å². The summed E-state index contributed by atoms with van der Waals surface area (Å²) in [5.41, 5.74) is 2.30. The summed E-state index contributed by atoms with van der Waals surface area (Å²) in [6.45, 7) is 1.94. The van der Waals surface area contributed by atoms with E-state index >= 15 is 0 Å². The van der Waals surface area contributed by atoms with Gasteiger partial charge in [-0.15, -0.1) is 0 Å². The molecular formula is C24H16Cl4N2O2. The van der Waals surface area contributed by atoms with Gasteiger partial charge in [-0.3, -0.25) is 4.79 Å². The fraction of sp³-hybridized carbons (Fsp3) is 0.0833. The van der Waals surface area contributed by atoms with Crippen LogP contribution < -0.4 is 10.1 Å². The van der Waals surface area contributed by atoms with Crippen LogP contribution in [0.25, 0.3) is 6.08 Å². The molecular weight excluding hydrogens is 490 g/mol. The van der Waals surface area contributed by atoms with Crippen LogP contribution in [0.3, 0.4) is 0 Å². The van der Waals surface area contributed by atoms with E-state index in [0.717, 1.165) is 5.56 Å². The Morgan fingerprint density at radius 3 is 2.47 bits per heavy atom. The van der Waals surface area contributed by atoms with Crippen molar-refractivity contribution in [2.24, 2.45) is 0 Å². The Hall–Kier alpha value is -2.68. The van der Waals surface area contributed by atoms with Crippen LogP contribution in [-0.4, -0.2) is 5.91 Å². The molecule has 0 atom stereocenters. The summed E-state index contributed by atoms with van der Waals surface area (Å²) in [6, 6.07) is 17.1. The van der Waals surface area contributed by atoms with E-state index in [1.807, 2.05) is 6.07 Å². The normalized spacial score (nSPS) is 11.1. The van der Waals surface area contributed by atoms with Crippen LogP contribution >= 0.6 is 46.4 Å². The smallest absolute Gasteiger partial charge is 0.266 e. The fourth-order valence-electron chi connectivity index (χ4n) is 2.79. The van der Waals surface area contributed by atoms with E-state index in [-0.39, 0.29) is 12.2 Å². The van der Waals surface area contributed by atoms with Crippen molar-refractivity contribution >= 4 is 64.1 Å². The molecule has 8 heteroatoms. The first-order chi connectivity index (χ1) is 15.3. The molecule has 0 heterocycles. The number of amides is 1. The van der Waals surface area contributed by atoms with E-state index in [1.54, 1.807) is 61.5 Å². The van der Waals surface area contributed by atoms with E-state index in [0.29, 0.717) is 42.7 Å². The molecule has 0 aliphatic rings. The minimum atomic E-state index is -0.579. The predicted octanol–water partition coefficient (Wildman–Crippen LogP) is 7.73. The second-order valence-corrected chi connectivity index (χ2v) is 8.43. The molecule has 0 bridgehead atoms. The van der Waals surface area contributed by atoms with Crippen molar-refractivity contribution in [1.82, 2.24) is 0 Å². The largest absolute Gasteiger partial charge is 0.488 e. The topological polar surface area (TPSA) is 62.1 Å². The molecule has 1 N–H and O–H groups in total. The summed E-state index contributed by atoms with van der Waals surface area (Å²) < 4.78 is 5.89. The summed E-state index contributed by atoms with van der Waals surface area (Å²) in [5.74, 6) is -0.149. The zero-order valence-corrected chi connectivity index (χ0v) is 19.8. The Labute approximate surface area is 205 Å². The molecule has 0 spiro atoms. The van der Waals surface area contributed by atoms with E-state index in [4.69, 9.17) is 51.1 Å². The quantitative estimate of drug-likeness (QED) is 0.275. The highest BCUT2D eigenvalue weighted by Gasteiger charge is 2.14. The number of rotatable bonds is 6.